The first-order chi connectivity index (χ1) is 8.63. The summed E-state index contributed by atoms with van der Waals surface area (Å²) in [6, 6.07) is 9.99. The third kappa shape index (κ3) is 2.83. The van der Waals surface area contributed by atoms with E-state index in [2.05, 4.69) is 15.9 Å². The second kappa shape index (κ2) is 5.97. The van der Waals surface area contributed by atoms with Gasteiger partial charge in [0, 0.05) is 21.8 Å². The second-order valence-corrected chi connectivity index (χ2v) is 6.17. The van der Waals surface area contributed by atoms with Crippen LogP contribution in [0, 0.1) is 6.92 Å². The second-order valence-electron chi connectivity index (χ2n) is 4.31. The minimum atomic E-state index is -0.538. The quantitative estimate of drug-likeness (QED) is 0.902. The molecule has 0 radical (unpaired) electrons. The molecule has 3 N–H and O–H groups in total. The summed E-state index contributed by atoms with van der Waals surface area (Å²) in [7, 11) is 0. The molecule has 2 nitrogen and oxygen atoms in total. The molecule has 18 heavy (non-hydrogen) atoms. The molecule has 0 aliphatic rings. The molecule has 0 aliphatic heterocycles. The summed E-state index contributed by atoms with van der Waals surface area (Å²) >= 11 is 5.04. The summed E-state index contributed by atoms with van der Waals surface area (Å²) in [5, 5.41) is 12.5. The van der Waals surface area contributed by atoms with Gasteiger partial charge in [-0.15, -0.1) is 11.3 Å². The molecule has 1 aromatic carbocycles. The van der Waals surface area contributed by atoms with Crippen LogP contribution in [0.2, 0.25) is 0 Å². The maximum Gasteiger partial charge on any atom is 0.0964 e. The zero-order valence-electron chi connectivity index (χ0n) is 10.1. The molecule has 0 spiro atoms. The Kier molecular flexibility index (Phi) is 4.56. The Morgan fingerprint density at radius 1 is 1.39 bits per heavy atom. The van der Waals surface area contributed by atoms with Gasteiger partial charge in [-0.1, -0.05) is 28.1 Å². The number of halogens is 1. The molecule has 2 unspecified atom stereocenters. The fourth-order valence-corrected chi connectivity index (χ4v) is 3.45. The largest absolute Gasteiger partial charge is 0.387 e. The van der Waals surface area contributed by atoms with Gasteiger partial charge in [-0.2, -0.15) is 0 Å². The minimum Gasteiger partial charge on any atom is -0.387 e. The molecule has 0 fully saturated rings. The van der Waals surface area contributed by atoms with Crippen LogP contribution in [0.1, 0.15) is 28.0 Å². The number of aliphatic hydroxyl groups is 1. The summed E-state index contributed by atoms with van der Waals surface area (Å²) in [5.74, 6) is -0.0696. The predicted octanol–water partition coefficient (Wildman–Crippen LogP) is 3.59. The van der Waals surface area contributed by atoms with Crippen molar-refractivity contribution in [2.24, 2.45) is 5.73 Å². The number of hydrogen-bond donors (Lipinski definition) is 2. The highest BCUT2D eigenvalue weighted by atomic mass is 79.9. The summed E-state index contributed by atoms with van der Waals surface area (Å²) in [6.07, 6.45) is -0.538. The fourth-order valence-electron chi connectivity index (χ4n) is 2.05. The summed E-state index contributed by atoms with van der Waals surface area (Å²) in [5.41, 5.74) is 8.03. The van der Waals surface area contributed by atoms with E-state index in [1.54, 1.807) is 11.3 Å². The first-order valence-corrected chi connectivity index (χ1v) is 7.48. The molecule has 0 saturated heterocycles. The first kappa shape index (κ1) is 13.7. The SMILES string of the molecule is Cc1ccsc1C(O)C(CN)c1cccc(Br)c1. The van der Waals surface area contributed by atoms with Crippen molar-refractivity contribution >= 4 is 27.3 Å². The van der Waals surface area contributed by atoms with Gasteiger partial charge in [-0.25, -0.2) is 0 Å². The van der Waals surface area contributed by atoms with Crippen molar-refractivity contribution in [3.8, 4) is 0 Å². The van der Waals surface area contributed by atoms with E-state index in [1.807, 2.05) is 42.6 Å². The predicted molar refractivity (Wildman–Crippen MR) is 80.0 cm³/mol. The Morgan fingerprint density at radius 2 is 2.17 bits per heavy atom. The van der Waals surface area contributed by atoms with Crippen molar-refractivity contribution in [2.45, 2.75) is 18.9 Å². The smallest absolute Gasteiger partial charge is 0.0964 e. The van der Waals surface area contributed by atoms with Crippen molar-refractivity contribution in [1.82, 2.24) is 0 Å². The number of aliphatic hydroxyl groups excluding tert-OH is 1. The van der Waals surface area contributed by atoms with E-state index in [0.29, 0.717) is 6.54 Å². The topological polar surface area (TPSA) is 46.2 Å². The highest BCUT2D eigenvalue weighted by Crippen LogP contribution is 2.35. The number of rotatable bonds is 4. The normalized spacial score (nSPS) is 14.4. The Hall–Kier alpha value is -0.680. The Labute approximate surface area is 120 Å². The number of thiophene rings is 1. The minimum absolute atomic E-state index is 0.0696. The molecule has 0 amide bonds. The lowest BCUT2D eigenvalue weighted by Crippen LogP contribution is -2.20. The zero-order valence-corrected chi connectivity index (χ0v) is 12.5. The Bertz CT molecular complexity index is 526. The van der Waals surface area contributed by atoms with E-state index in [1.165, 1.54) is 0 Å². The fraction of sp³-hybridized carbons (Fsp3) is 0.286. The third-order valence-corrected chi connectivity index (χ3v) is 4.67. The molecule has 0 saturated carbocycles. The zero-order chi connectivity index (χ0) is 13.1. The summed E-state index contributed by atoms with van der Waals surface area (Å²) in [6.45, 7) is 2.44. The number of aryl methyl sites for hydroxylation is 1. The van der Waals surface area contributed by atoms with Gasteiger partial charge in [0.15, 0.2) is 0 Å². The molecule has 0 bridgehead atoms. The van der Waals surface area contributed by atoms with Crippen LogP contribution < -0.4 is 5.73 Å². The van der Waals surface area contributed by atoms with E-state index in [-0.39, 0.29) is 5.92 Å². The standard InChI is InChI=1S/C14H16BrNOS/c1-9-5-6-18-14(9)13(17)12(8-16)10-3-2-4-11(15)7-10/h2-7,12-13,17H,8,16H2,1H3. The van der Waals surface area contributed by atoms with Crippen LogP contribution >= 0.6 is 27.3 Å². The van der Waals surface area contributed by atoms with E-state index in [4.69, 9.17) is 5.73 Å². The lowest BCUT2D eigenvalue weighted by atomic mass is 9.91. The van der Waals surface area contributed by atoms with E-state index >= 15 is 0 Å². The molecule has 2 aromatic rings. The van der Waals surface area contributed by atoms with Crippen molar-refractivity contribution in [3.05, 3.63) is 56.2 Å². The van der Waals surface area contributed by atoms with Gasteiger partial charge in [-0.05, 0) is 41.6 Å². The molecule has 1 heterocycles. The summed E-state index contributed by atoms with van der Waals surface area (Å²) < 4.78 is 1.01. The number of nitrogens with two attached hydrogens (primary N) is 1. The van der Waals surface area contributed by atoms with Crippen molar-refractivity contribution < 1.29 is 5.11 Å². The molecular formula is C14H16BrNOS. The van der Waals surface area contributed by atoms with Crippen molar-refractivity contribution in [1.29, 1.82) is 0 Å². The number of benzene rings is 1. The van der Waals surface area contributed by atoms with Crippen LogP contribution in [-0.4, -0.2) is 11.7 Å². The molecule has 1 aromatic heterocycles. The van der Waals surface area contributed by atoms with Crippen LogP contribution in [0.25, 0.3) is 0 Å². The number of hydrogen-bond acceptors (Lipinski definition) is 3. The van der Waals surface area contributed by atoms with Crippen LogP contribution in [-0.2, 0) is 0 Å². The maximum absolute atomic E-state index is 10.5. The van der Waals surface area contributed by atoms with Gasteiger partial charge in [-0.3, -0.25) is 0 Å². The molecule has 4 heteroatoms. The Morgan fingerprint density at radius 3 is 2.72 bits per heavy atom. The maximum atomic E-state index is 10.5. The molecule has 96 valence electrons. The van der Waals surface area contributed by atoms with Gasteiger partial charge >= 0.3 is 0 Å². The van der Waals surface area contributed by atoms with E-state index in [9.17, 15) is 5.11 Å². The average Bonchev–Trinajstić information content (AvgIpc) is 2.76. The van der Waals surface area contributed by atoms with E-state index < -0.39 is 6.10 Å². The van der Waals surface area contributed by atoms with Crippen LogP contribution in [0.5, 0.6) is 0 Å². The highest BCUT2D eigenvalue weighted by Gasteiger charge is 2.23. The molecular weight excluding hydrogens is 310 g/mol. The van der Waals surface area contributed by atoms with Crippen LogP contribution in [0.15, 0.2) is 40.2 Å². The lowest BCUT2D eigenvalue weighted by Gasteiger charge is -2.22. The van der Waals surface area contributed by atoms with Gasteiger partial charge < -0.3 is 10.8 Å². The molecule has 2 atom stereocenters. The Balaban J connectivity index is 2.32. The van der Waals surface area contributed by atoms with Crippen molar-refractivity contribution in [3.63, 3.8) is 0 Å². The lowest BCUT2D eigenvalue weighted by molar-refractivity contribution is 0.150. The summed E-state index contributed by atoms with van der Waals surface area (Å²) in [4.78, 5) is 1.01. The average molecular weight is 326 g/mol. The monoisotopic (exact) mass is 325 g/mol. The third-order valence-electron chi connectivity index (χ3n) is 3.08. The van der Waals surface area contributed by atoms with E-state index in [0.717, 1.165) is 20.5 Å². The highest BCUT2D eigenvalue weighted by molar-refractivity contribution is 9.10. The van der Waals surface area contributed by atoms with Gasteiger partial charge in [0.25, 0.3) is 0 Å². The van der Waals surface area contributed by atoms with Gasteiger partial charge in [0.05, 0.1) is 6.10 Å². The van der Waals surface area contributed by atoms with Gasteiger partial charge in [0.1, 0.15) is 0 Å². The molecule has 0 aliphatic carbocycles. The van der Waals surface area contributed by atoms with Crippen molar-refractivity contribution in [2.75, 3.05) is 6.54 Å². The van der Waals surface area contributed by atoms with Gasteiger partial charge in [0.2, 0.25) is 0 Å². The van der Waals surface area contributed by atoms with Crippen LogP contribution in [0.4, 0.5) is 0 Å². The molecule has 2 rings (SSSR count). The first-order valence-electron chi connectivity index (χ1n) is 5.81. The van der Waals surface area contributed by atoms with Crippen LogP contribution in [0.3, 0.4) is 0 Å².